The van der Waals surface area contributed by atoms with Gasteiger partial charge in [-0.15, -0.1) is 0 Å². The van der Waals surface area contributed by atoms with Crippen LogP contribution < -0.4 is 20.5 Å². The first-order valence-electron chi connectivity index (χ1n) is 6.42. The Kier molecular flexibility index (Phi) is 4.44. The number of hydrogen-bond donors (Lipinski definition) is 2. The summed E-state index contributed by atoms with van der Waals surface area (Å²) in [6, 6.07) is 6.93. The first-order chi connectivity index (χ1) is 8.72. The summed E-state index contributed by atoms with van der Waals surface area (Å²) in [4.78, 5) is 0. The van der Waals surface area contributed by atoms with Gasteiger partial charge in [0.1, 0.15) is 0 Å². The quantitative estimate of drug-likeness (QED) is 0.834. The molecule has 1 fully saturated rings. The zero-order chi connectivity index (χ0) is 13.0. The van der Waals surface area contributed by atoms with E-state index in [0.717, 1.165) is 30.9 Å². The summed E-state index contributed by atoms with van der Waals surface area (Å²) in [5.74, 6) is 1.55. The number of benzene rings is 1. The van der Waals surface area contributed by atoms with Gasteiger partial charge in [0.25, 0.3) is 0 Å². The van der Waals surface area contributed by atoms with E-state index < -0.39 is 0 Å². The van der Waals surface area contributed by atoms with E-state index in [1.165, 1.54) is 12.0 Å². The maximum atomic E-state index is 5.90. The van der Waals surface area contributed by atoms with Crippen LogP contribution in [-0.4, -0.2) is 26.3 Å². The maximum Gasteiger partial charge on any atom is 0.161 e. The van der Waals surface area contributed by atoms with Crippen LogP contribution in [0.1, 0.15) is 24.8 Å². The number of methoxy groups -OCH3 is 2. The normalized spacial score (nSPS) is 23.1. The van der Waals surface area contributed by atoms with Gasteiger partial charge in [0.2, 0.25) is 0 Å². The van der Waals surface area contributed by atoms with Crippen molar-refractivity contribution in [2.45, 2.75) is 37.9 Å². The van der Waals surface area contributed by atoms with E-state index in [-0.39, 0.29) is 0 Å². The lowest BCUT2D eigenvalue weighted by molar-refractivity contribution is 0.354. The number of hydrogen-bond acceptors (Lipinski definition) is 4. The fraction of sp³-hybridized carbons (Fsp3) is 0.571. The third kappa shape index (κ3) is 3.15. The van der Waals surface area contributed by atoms with Crippen LogP contribution in [0, 0.1) is 0 Å². The van der Waals surface area contributed by atoms with Crippen molar-refractivity contribution in [3.8, 4) is 11.5 Å². The molecule has 0 aliphatic heterocycles. The molecule has 1 aromatic carbocycles. The second-order valence-corrected chi connectivity index (χ2v) is 4.84. The van der Waals surface area contributed by atoms with Gasteiger partial charge >= 0.3 is 0 Å². The summed E-state index contributed by atoms with van der Waals surface area (Å²) in [6.07, 6.45) is 3.38. The minimum Gasteiger partial charge on any atom is -0.493 e. The van der Waals surface area contributed by atoms with Crippen LogP contribution in [0.2, 0.25) is 0 Å². The van der Waals surface area contributed by atoms with Crippen LogP contribution in [0.25, 0.3) is 0 Å². The summed E-state index contributed by atoms with van der Waals surface area (Å²) in [7, 11) is 3.31. The van der Waals surface area contributed by atoms with Crippen LogP contribution in [0.3, 0.4) is 0 Å². The summed E-state index contributed by atoms with van der Waals surface area (Å²) in [6.45, 7) is 0.845. The Morgan fingerprint density at radius 3 is 2.61 bits per heavy atom. The standard InChI is InChI=1S/C14H22N2O2/c1-17-13-6-3-10(7-14(13)18-2)9-16-12-5-4-11(15)8-12/h3,6-7,11-12,16H,4-5,8-9,15H2,1-2H3. The second kappa shape index (κ2) is 6.07. The van der Waals surface area contributed by atoms with Gasteiger partial charge in [-0.25, -0.2) is 0 Å². The molecule has 1 saturated carbocycles. The monoisotopic (exact) mass is 250 g/mol. The minimum absolute atomic E-state index is 0.368. The van der Waals surface area contributed by atoms with Crippen LogP contribution in [-0.2, 0) is 6.54 Å². The largest absolute Gasteiger partial charge is 0.493 e. The third-order valence-electron chi connectivity index (χ3n) is 3.52. The first-order valence-corrected chi connectivity index (χ1v) is 6.42. The molecule has 1 aliphatic carbocycles. The molecule has 2 unspecified atom stereocenters. The Morgan fingerprint density at radius 1 is 1.22 bits per heavy atom. The highest BCUT2D eigenvalue weighted by Crippen LogP contribution is 2.27. The van der Waals surface area contributed by atoms with Crippen molar-refractivity contribution in [3.05, 3.63) is 23.8 Å². The highest BCUT2D eigenvalue weighted by molar-refractivity contribution is 5.42. The van der Waals surface area contributed by atoms with Gasteiger partial charge < -0.3 is 20.5 Å². The molecule has 100 valence electrons. The lowest BCUT2D eigenvalue weighted by atomic mass is 10.1. The minimum atomic E-state index is 0.368. The van der Waals surface area contributed by atoms with Crippen molar-refractivity contribution in [2.75, 3.05) is 14.2 Å². The molecule has 2 rings (SSSR count). The fourth-order valence-electron chi connectivity index (χ4n) is 2.45. The summed E-state index contributed by atoms with van der Waals surface area (Å²) in [5.41, 5.74) is 7.10. The summed E-state index contributed by atoms with van der Waals surface area (Å²) >= 11 is 0. The second-order valence-electron chi connectivity index (χ2n) is 4.84. The van der Waals surface area contributed by atoms with Gasteiger partial charge in [-0.3, -0.25) is 0 Å². The van der Waals surface area contributed by atoms with Gasteiger partial charge in [-0.1, -0.05) is 6.07 Å². The fourth-order valence-corrected chi connectivity index (χ4v) is 2.45. The van der Waals surface area contributed by atoms with E-state index >= 15 is 0 Å². The average Bonchev–Trinajstić information content (AvgIpc) is 2.81. The predicted octanol–water partition coefficient (Wildman–Crippen LogP) is 1.67. The van der Waals surface area contributed by atoms with E-state index in [1.807, 2.05) is 12.1 Å². The smallest absolute Gasteiger partial charge is 0.161 e. The number of nitrogens with two attached hydrogens (primary N) is 1. The van der Waals surface area contributed by atoms with Crippen molar-refractivity contribution in [3.63, 3.8) is 0 Å². The molecule has 18 heavy (non-hydrogen) atoms. The van der Waals surface area contributed by atoms with Gasteiger partial charge in [0.15, 0.2) is 11.5 Å². The maximum absolute atomic E-state index is 5.90. The van der Waals surface area contributed by atoms with Crippen molar-refractivity contribution in [1.29, 1.82) is 0 Å². The van der Waals surface area contributed by atoms with Crippen molar-refractivity contribution < 1.29 is 9.47 Å². The summed E-state index contributed by atoms with van der Waals surface area (Å²) in [5, 5.41) is 3.54. The number of ether oxygens (including phenoxy) is 2. The number of nitrogens with one attached hydrogen (secondary N) is 1. The van der Waals surface area contributed by atoms with E-state index in [4.69, 9.17) is 15.2 Å². The Labute approximate surface area is 108 Å². The summed E-state index contributed by atoms with van der Waals surface area (Å²) < 4.78 is 10.5. The van der Waals surface area contributed by atoms with Crippen molar-refractivity contribution >= 4 is 0 Å². The molecule has 0 saturated heterocycles. The van der Waals surface area contributed by atoms with Gasteiger partial charge in [-0.05, 0) is 37.0 Å². The molecule has 0 amide bonds. The lowest BCUT2D eigenvalue weighted by Crippen LogP contribution is -2.27. The molecular weight excluding hydrogens is 228 g/mol. The molecular formula is C14H22N2O2. The lowest BCUT2D eigenvalue weighted by Gasteiger charge is -2.14. The van der Waals surface area contributed by atoms with Gasteiger partial charge in [0.05, 0.1) is 14.2 Å². The molecule has 0 bridgehead atoms. The van der Waals surface area contributed by atoms with E-state index in [2.05, 4.69) is 11.4 Å². The number of rotatable bonds is 5. The van der Waals surface area contributed by atoms with Crippen molar-refractivity contribution in [2.24, 2.45) is 5.73 Å². The van der Waals surface area contributed by atoms with Crippen LogP contribution >= 0.6 is 0 Å². The highest BCUT2D eigenvalue weighted by Gasteiger charge is 2.20. The molecule has 2 atom stereocenters. The van der Waals surface area contributed by atoms with Crippen LogP contribution in [0.15, 0.2) is 18.2 Å². The van der Waals surface area contributed by atoms with E-state index in [9.17, 15) is 0 Å². The third-order valence-corrected chi connectivity index (χ3v) is 3.52. The Morgan fingerprint density at radius 2 is 2.00 bits per heavy atom. The van der Waals surface area contributed by atoms with Crippen LogP contribution in [0.4, 0.5) is 0 Å². The van der Waals surface area contributed by atoms with Crippen molar-refractivity contribution in [1.82, 2.24) is 5.32 Å². The molecule has 4 heteroatoms. The zero-order valence-electron chi connectivity index (χ0n) is 11.1. The van der Waals surface area contributed by atoms with E-state index in [0.29, 0.717) is 12.1 Å². The zero-order valence-corrected chi connectivity index (χ0v) is 11.1. The van der Waals surface area contributed by atoms with Gasteiger partial charge in [-0.2, -0.15) is 0 Å². The van der Waals surface area contributed by atoms with Gasteiger partial charge in [0, 0.05) is 18.6 Å². The van der Waals surface area contributed by atoms with Crippen LogP contribution in [0.5, 0.6) is 11.5 Å². The Balaban J connectivity index is 1.93. The highest BCUT2D eigenvalue weighted by atomic mass is 16.5. The predicted molar refractivity (Wildman–Crippen MR) is 72.0 cm³/mol. The Hall–Kier alpha value is -1.26. The molecule has 4 nitrogen and oxygen atoms in total. The molecule has 1 aliphatic rings. The molecule has 0 radical (unpaired) electrons. The SMILES string of the molecule is COc1ccc(CNC2CCC(N)C2)cc1OC. The average molecular weight is 250 g/mol. The molecule has 1 aromatic rings. The molecule has 0 heterocycles. The molecule has 3 N–H and O–H groups in total. The van der Waals surface area contributed by atoms with E-state index in [1.54, 1.807) is 14.2 Å². The Bertz CT molecular complexity index is 395. The topological polar surface area (TPSA) is 56.5 Å². The molecule has 0 aromatic heterocycles. The first kappa shape index (κ1) is 13.2. The molecule has 0 spiro atoms.